The van der Waals surface area contributed by atoms with E-state index in [0.717, 1.165) is 12.2 Å². The van der Waals surface area contributed by atoms with E-state index < -0.39 is 0 Å². The van der Waals surface area contributed by atoms with E-state index in [1.807, 2.05) is 19.9 Å². The highest BCUT2D eigenvalue weighted by Gasteiger charge is 2.34. The Balaban J connectivity index is 1.61. The average Bonchev–Trinajstić information content (AvgIpc) is 3.23. The maximum Gasteiger partial charge on any atom is 0.278 e. The minimum atomic E-state index is -0.261. The van der Waals surface area contributed by atoms with Gasteiger partial charge in [0.05, 0.1) is 12.6 Å². The number of anilines is 2. The van der Waals surface area contributed by atoms with Crippen LogP contribution in [0.1, 0.15) is 44.9 Å². The fourth-order valence-electron chi connectivity index (χ4n) is 4.69. The first kappa shape index (κ1) is 23.7. The number of aromatic nitrogens is 6. The number of hydrogen-bond acceptors (Lipinski definition) is 7. The Kier molecular flexibility index (Phi) is 5.63. The molecule has 1 aliphatic rings. The third-order valence-corrected chi connectivity index (χ3v) is 6.88. The van der Waals surface area contributed by atoms with E-state index >= 15 is 0 Å². The SMILES string of the molecule is C=CCn1c(=O)c2cnc(Nc3ccc4c(c3)CN(C)C4(C)C)nc2n1-c1ccc(=O)n(C(C)C)n1. The summed E-state index contributed by atoms with van der Waals surface area (Å²) in [6.07, 6.45) is 3.15. The molecular formula is C26H30N8O2. The molecule has 4 aromatic rings. The summed E-state index contributed by atoms with van der Waals surface area (Å²) in [6.45, 7) is 13.1. The predicted octanol–water partition coefficient (Wildman–Crippen LogP) is 3.33. The lowest BCUT2D eigenvalue weighted by atomic mass is 9.94. The van der Waals surface area contributed by atoms with Gasteiger partial charge in [-0.15, -0.1) is 11.7 Å². The van der Waals surface area contributed by atoms with Gasteiger partial charge in [0.1, 0.15) is 5.39 Å². The monoisotopic (exact) mass is 486 g/mol. The van der Waals surface area contributed by atoms with Crippen LogP contribution >= 0.6 is 0 Å². The lowest BCUT2D eigenvalue weighted by molar-refractivity contribution is 0.178. The topological polar surface area (TPSA) is 103 Å². The lowest BCUT2D eigenvalue weighted by Gasteiger charge is -2.28. The Morgan fingerprint density at radius 2 is 1.97 bits per heavy atom. The molecule has 0 spiro atoms. The zero-order valence-electron chi connectivity index (χ0n) is 21.2. The number of fused-ring (bicyclic) bond motifs is 2. The van der Waals surface area contributed by atoms with Crippen LogP contribution in [-0.2, 0) is 18.6 Å². The summed E-state index contributed by atoms with van der Waals surface area (Å²) in [5.74, 6) is 0.763. The molecule has 1 N–H and O–H groups in total. The number of allylic oxidation sites excluding steroid dienone is 1. The number of nitrogens with one attached hydrogen (secondary N) is 1. The Hall–Kier alpha value is -4.05. The number of nitrogens with zero attached hydrogens (tertiary/aromatic N) is 7. The third-order valence-electron chi connectivity index (χ3n) is 6.88. The molecule has 0 bridgehead atoms. The smallest absolute Gasteiger partial charge is 0.278 e. The second-order valence-corrected chi connectivity index (χ2v) is 9.90. The molecule has 186 valence electrons. The van der Waals surface area contributed by atoms with Crippen molar-refractivity contribution in [1.29, 1.82) is 0 Å². The molecule has 1 aromatic carbocycles. The van der Waals surface area contributed by atoms with E-state index in [1.165, 1.54) is 32.8 Å². The van der Waals surface area contributed by atoms with Crippen molar-refractivity contribution in [1.82, 2.24) is 34.0 Å². The van der Waals surface area contributed by atoms with Gasteiger partial charge in [-0.05, 0) is 64.1 Å². The van der Waals surface area contributed by atoms with Crippen molar-refractivity contribution in [2.75, 3.05) is 12.4 Å². The molecule has 0 radical (unpaired) electrons. The number of rotatable bonds is 6. The first-order valence-corrected chi connectivity index (χ1v) is 11.9. The molecule has 0 unspecified atom stereocenters. The molecule has 10 heteroatoms. The molecule has 10 nitrogen and oxygen atoms in total. The van der Waals surface area contributed by atoms with Crippen molar-refractivity contribution in [3.63, 3.8) is 0 Å². The minimum absolute atomic E-state index is 0.0209. The molecule has 4 heterocycles. The number of benzene rings is 1. The van der Waals surface area contributed by atoms with E-state index in [1.54, 1.807) is 16.8 Å². The highest BCUT2D eigenvalue weighted by molar-refractivity contribution is 5.77. The van der Waals surface area contributed by atoms with E-state index in [9.17, 15) is 9.59 Å². The van der Waals surface area contributed by atoms with Crippen LogP contribution in [-0.4, -0.2) is 41.1 Å². The van der Waals surface area contributed by atoms with E-state index in [2.05, 4.69) is 59.9 Å². The van der Waals surface area contributed by atoms with Gasteiger partial charge in [-0.1, -0.05) is 12.1 Å². The van der Waals surface area contributed by atoms with Crippen molar-refractivity contribution in [2.24, 2.45) is 0 Å². The standard InChI is InChI=1S/C26H30N8O2/c1-7-12-32-24(36)19-14-27-25(28-18-8-9-20-17(13-18)15-31(6)26(20,4)5)29-23(19)34(32)21-10-11-22(35)33(30-21)16(2)3/h7-11,13-14,16H,1,12,15H2,2-6H3,(H,27,28,29). The largest absolute Gasteiger partial charge is 0.324 e. The zero-order valence-corrected chi connectivity index (χ0v) is 21.2. The molecule has 0 saturated heterocycles. The van der Waals surface area contributed by atoms with Gasteiger partial charge in [0.2, 0.25) is 5.95 Å². The first-order valence-electron chi connectivity index (χ1n) is 11.9. The van der Waals surface area contributed by atoms with Crippen molar-refractivity contribution >= 4 is 22.7 Å². The van der Waals surface area contributed by atoms with Crippen molar-refractivity contribution < 1.29 is 0 Å². The Morgan fingerprint density at radius 1 is 1.19 bits per heavy atom. The predicted molar refractivity (Wildman–Crippen MR) is 140 cm³/mol. The molecule has 3 aromatic heterocycles. The van der Waals surface area contributed by atoms with Gasteiger partial charge in [0, 0.05) is 30.0 Å². The van der Waals surface area contributed by atoms with Crippen LogP contribution in [0.5, 0.6) is 0 Å². The van der Waals surface area contributed by atoms with Gasteiger partial charge in [0.25, 0.3) is 11.1 Å². The van der Waals surface area contributed by atoms with Crippen LogP contribution in [0.2, 0.25) is 0 Å². The zero-order chi connectivity index (χ0) is 25.8. The molecular weight excluding hydrogens is 456 g/mol. The summed E-state index contributed by atoms with van der Waals surface area (Å²) in [4.78, 5) is 36.9. The summed E-state index contributed by atoms with van der Waals surface area (Å²) in [5.41, 5.74) is 3.31. The van der Waals surface area contributed by atoms with E-state index in [0.29, 0.717) is 22.8 Å². The van der Waals surface area contributed by atoms with Gasteiger partial charge in [0.15, 0.2) is 11.5 Å². The van der Waals surface area contributed by atoms with Gasteiger partial charge in [-0.3, -0.25) is 14.5 Å². The highest BCUT2D eigenvalue weighted by Crippen LogP contribution is 2.38. The summed E-state index contributed by atoms with van der Waals surface area (Å²) < 4.78 is 4.49. The Bertz CT molecular complexity index is 1610. The molecule has 5 rings (SSSR count). The lowest BCUT2D eigenvalue weighted by Crippen LogP contribution is -2.31. The second-order valence-electron chi connectivity index (χ2n) is 9.90. The van der Waals surface area contributed by atoms with Gasteiger partial charge >= 0.3 is 0 Å². The summed E-state index contributed by atoms with van der Waals surface area (Å²) >= 11 is 0. The highest BCUT2D eigenvalue weighted by atomic mass is 16.1. The van der Waals surface area contributed by atoms with Crippen LogP contribution in [0, 0.1) is 0 Å². The van der Waals surface area contributed by atoms with Gasteiger partial charge < -0.3 is 5.32 Å². The fraction of sp³-hybridized carbons (Fsp3) is 0.346. The van der Waals surface area contributed by atoms with Crippen molar-refractivity contribution in [2.45, 2.75) is 52.4 Å². The molecule has 1 aliphatic heterocycles. The summed E-state index contributed by atoms with van der Waals surface area (Å²) in [5, 5.41) is 8.15. The van der Waals surface area contributed by atoms with Crippen LogP contribution in [0.4, 0.5) is 11.6 Å². The van der Waals surface area contributed by atoms with Gasteiger partial charge in [-0.25, -0.2) is 19.0 Å². The first-order chi connectivity index (χ1) is 17.1. The van der Waals surface area contributed by atoms with Crippen LogP contribution in [0.15, 0.2) is 58.8 Å². The maximum absolute atomic E-state index is 13.2. The summed E-state index contributed by atoms with van der Waals surface area (Å²) in [7, 11) is 2.12. The minimum Gasteiger partial charge on any atom is -0.324 e. The van der Waals surface area contributed by atoms with E-state index in [-0.39, 0.29) is 29.2 Å². The molecule has 0 saturated carbocycles. The van der Waals surface area contributed by atoms with E-state index in [4.69, 9.17) is 4.98 Å². The van der Waals surface area contributed by atoms with Crippen LogP contribution < -0.4 is 16.4 Å². The average molecular weight is 487 g/mol. The molecule has 0 atom stereocenters. The summed E-state index contributed by atoms with van der Waals surface area (Å²) in [6, 6.07) is 9.16. The Morgan fingerprint density at radius 3 is 2.69 bits per heavy atom. The molecule has 0 amide bonds. The quantitative estimate of drug-likeness (QED) is 0.417. The second kappa shape index (κ2) is 8.56. The Labute approximate surface area is 208 Å². The van der Waals surface area contributed by atoms with Crippen LogP contribution in [0.3, 0.4) is 0 Å². The molecule has 36 heavy (non-hydrogen) atoms. The molecule has 0 aliphatic carbocycles. The van der Waals surface area contributed by atoms with Crippen molar-refractivity contribution in [3.05, 3.63) is 81.0 Å². The normalized spacial score (nSPS) is 14.9. The van der Waals surface area contributed by atoms with Crippen LogP contribution in [0.25, 0.3) is 16.9 Å². The molecule has 0 fully saturated rings. The number of hydrogen-bond donors (Lipinski definition) is 1. The fourth-order valence-corrected chi connectivity index (χ4v) is 4.69. The van der Waals surface area contributed by atoms with Crippen molar-refractivity contribution in [3.8, 4) is 5.82 Å². The third kappa shape index (κ3) is 3.74. The maximum atomic E-state index is 13.2. The van der Waals surface area contributed by atoms with Gasteiger partial charge in [-0.2, -0.15) is 4.98 Å².